The Bertz CT molecular complexity index is 1020. The number of hydrogen-bond donors (Lipinski definition) is 2. The number of carbonyl (C=O) groups excluding carboxylic acids is 2. The van der Waals surface area contributed by atoms with Gasteiger partial charge in [-0.2, -0.15) is 0 Å². The van der Waals surface area contributed by atoms with Crippen molar-refractivity contribution in [3.8, 4) is 0 Å². The van der Waals surface area contributed by atoms with Gasteiger partial charge in [0, 0.05) is 35.8 Å². The molecule has 3 aromatic rings. The number of aryl methyl sites for hydroxylation is 2. The van der Waals surface area contributed by atoms with Crippen molar-refractivity contribution in [2.24, 2.45) is 0 Å². The summed E-state index contributed by atoms with van der Waals surface area (Å²) in [6.07, 6.45) is 0.731. The summed E-state index contributed by atoms with van der Waals surface area (Å²) >= 11 is 2.83. The first-order valence-corrected chi connectivity index (χ1v) is 10.3. The van der Waals surface area contributed by atoms with Crippen LogP contribution < -0.4 is 10.6 Å². The van der Waals surface area contributed by atoms with Crippen molar-refractivity contribution in [3.05, 3.63) is 39.2 Å². The molecule has 28 heavy (non-hydrogen) atoms. The van der Waals surface area contributed by atoms with Crippen LogP contribution in [0.25, 0.3) is 0 Å². The summed E-state index contributed by atoms with van der Waals surface area (Å²) in [4.78, 5) is 36.3. The molecule has 11 heteroatoms. The van der Waals surface area contributed by atoms with Gasteiger partial charge < -0.3 is 9.84 Å². The third-order valence-electron chi connectivity index (χ3n) is 4.12. The van der Waals surface area contributed by atoms with Gasteiger partial charge in [-0.15, -0.1) is 22.7 Å². The maximum absolute atomic E-state index is 12.2. The van der Waals surface area contributed by atoms with Gasteiger partial charge >= 0.3 is 0 Å². The second-order valence-electron chi connectivity index (χ2n) is 6.47. The van der Waals surface area contributed by atoms with Crippen LogP contribution in [0.2, 0.25) is 0 Å². The molecule has 0 aromatic carbocycles. The number of fused-ring (bicyclic) bond motifs is 1. The predicted octanol–water partition coefficient (Wildman–Crippen LogP) is 2.45. The quantitative estimate of drug-likeness (QED) is 0.654. The van der Waals surface area contributed by atoms with Crippen LogP contribution in [0.1, 0.15) is 32.5 Å². The van der Waals surface area contributed by atoms with Gasteiger partial charge in [0.1, 0.15) is 5.76 Å². The zero-order valence-electron chi connectivity index (χ0n) is 15.3. The second-order valence-corrected chi connectivity index (χ2v) is 8.41. The van der Waals surface area contributed by atoms with E-state index in [2.05, 4.69) is 30.7 Å². The first kappa shape index (κ1) is 18.7. The Labute approximate surface area is 168 Å². The van der Waals surface area contributed by atoms with E-state index in [0.29, 0.717) is 22.6 Å². The number of nitrogens with one attached hydrogen (secondary N) is 2. The third kappa shape index (κ3) is 4.26. The molecule has 0 saturated heterocycles. The van der Waals surface area contributed by atoms with Gasteiger partial charge in [-0.1, -0.05) is 5.16 Å². The van der Waals surface area contributed by atoms with E-state index in [1.807, 2.05) is 12.3 Å². The number of aromatic nitrogens is 3. The summed E-state index contributed by atoms with van der Waals surface area (Å²) in [6.45, 7) is 5.26. The molecule has 2 amide bonds. The highest BCUT2D eigenvalue weighted by Crippen LogP contribution is 2.28. The number of amides is 2. The fourth-order valence-corrected chi connectivity index (χ4v) is 4.59. The lowest BCUT2D eigenvalue weighted by molar-refractivity contribution is -0.117. The van der Waals surface area contributed by atoms with E-state index in [4.69, 9.17) is 4.52 Å². The van der Waals surface area contributed by atoms with Gasteiger partial charge in [0.15, 0.2) is 16.0 Å². The van der Waals surface area contributed by atoms with E-state index in [0.717, 1.165) is 29.2 Å². The van der Waals surface area contributed by atoms with Crippen molar-refractivity contribution in [2.75, 3.05) is 23.7 Å². The maximum atomic E-state index is 12.2. The van der Waals surface area contributed by atoms with E-state index < -0.39 is 0 Å². The molecule has 0 unspecified atom stereocenters. The molecule has 1 aliphatic heterocycles. The first-order chi connectivity index (χ1) is 13.5. The van der Waals surface area contributed by atoms with Crippen LogP contribution in [-0.4, -0.2) is 44.9 Å². The Balaban J connectivity index is 1.35. The van der Waals surface area contributed by atoms with Gasteiger partial charge in [0.05, 0.1) is 17.9 Å². The normalized spacial score (nSPS) is 13.9. The van der Waals surface area contributed by atoms with Crippen molar-refractivity contribution in [3.63, 3.8) is 0 Å². The van der Waals surface area contributed by atoms with Crippen LogP contribution in [-0.2, 0) is 17.8 Å². The molecule has 3 aromatic heterocycles. The summed E-state index contributed by atoms with van der Waals surface area (Å²) < 4.78 is 4.92. The van der Waals surface area contributed by atoms with Crippen LogP contribution in [0, 0.1) is 13.8 Å². The van der Waals surface area contributed by atoms with E-state index in [-0.39, 0.29) is 24.1 Å². The van der Waals surface area contributed by atoms with Gasteiger partial charge in [0.25, 0.3) is 5.91 Å². The first-order valence-electron chi connectivity index (χ1n) is 8.64. The molecule has 0 bridgehead atoms. The Hall–Kier alpha value is -2.63. The summed E-state index contributed by atoms with van der Waals surface area (Å²) in [5.41, 5.74) is 2.08. The molecule has 0 fully saturated rings. The Morgan fingerprint density at radius 3 is 2.82 bits per heavy atom. The lowest BCUT2D eigenvalue weighted by atomic mass is 10.2. The zero-order valence-corrected chi connectivity index (χ0v) is 16.9. The van der Waals surface area contributed by atoms with E-state index in [1.54, 1.807) is 13.0 Å². The number of carbonyl (C=O) groups is 2. The van der Waals surface area contributed by atoms with Crippen LogP contribution in [0.4, 0.5) is 10.3 Å². The highest BCUT2D eigenvalue weighted by molar-refractivity contribution is 7.16. The van der Waals surface area contributed by atoms with Crippen molar-refractivity contribution in [1.82, 2.24) is 20.0 Å². The lowest BCUT2D eigenvalue weighted by Gasteiger charge is -2.24. The number of anilines is 2. The van der Waals surface area contributed by atoms with Gasteiger partial charge in [-0.3, -0.25) is 19.8 Å². The van der Waals surface area contributed by atoms with Gasteiger partial charge in [-0.25, -0.2) is 9.97 Å². The molecule has 4 rings (SSSR count). The highest BCUT2D eigenvalue weighted by Gasteiger charge is 2.23. The highest BCUT2D eigenvalue weighted by atomic mass is 32.1. The van der Waals surface area contributed by atoms with E-state index >= 15 is 0 Å². The molecule has 0 aliphatic carbocycles. The number of rotatable bonds is 5. The Morgan fingerprint density at radius 2 is 2.11 bits per heavy atom. The fourth-order valence-electron chi connectivity index (χ4n) is 2.84. The van der Waals surface area contributed by atoms with Gasteiger partial charge in [0.2, 0.25) is 5.91 Å². The topological polar surface area (TPSA) is 113 Å². The lowest BCUT2D eigenvalue weighted by Crippen LogP contribution is -2.36. The molecule has 1 aliphatic rings. The molecule has 0 atom stereocenters. The molecule has 146 valence electrons. The smallest absolute Gasteiger partial charge is 0.279 e. The molecular weight excluding hydrogens is 400 g/mol. The van der Waals surface area contributed by atoms with Crippen LogP contribution in [0.15, 0.2) is 16.0 Å². The fraction of sp³-hybridized carbons (Fsp3) is 0.353. The minimum Gasteiger partial charge on any atom is -0.361 e. The summed E-state index contributed by atoms with van der Waals surface area (Å²) in [5, 5.41) is 12.3. The molecule has 0 radical (unpaired) electrons. The molecule has 0 saturated carbocycles. The van der Waals surface area contributed by atoms with E-state index in [9.17, 15) is 9.59 Å². The predicted molar refractivity (Wildman–Crippen MR) is 106 cm³/mol. The molecule has 0 spiro atoms. The molecular formula is C17H18N6O3S2. The second kappa shape index (κ2) is 7.78. The van der Waals surface area contributed by atoms with E-state index in [1.165, 1.54) is 22.7 Å². The number of hydrogen-bond acceptors (Lipinski definition) is 9. The molecule has 9 nitrogen and oxygen atoms in total. The maximum Gasteiger partial charge on any atom is 0.279 e. The third-order valence-corrected chi connectivity index (χ3v) is 6.00. The van der Waals surface area contributed by atoms with Crippen LogP contribution in [0.3, 0.4) is 0 Å². The number of thiazole rings is 2. The van der Waals surface area contributed by atoms with Crippen LogP contribution >= 0.6 is 22.7 Å². The van der Waals surface area contributed by atoms with Crippen molar-refractivity contribution in [1.29, 1.82) is 0 Å². The van der Waals surface area contributed by atoms with Crippen molar-refractivity contribution < 1.29 is 14.1 Å². The monoisotopic (exact) mass is 418 g/mol. The summed E-state index contributed by atoms with van der Waals surface area (Å²) in [6, 6.07) is 1.58. The largest absolute Gasteiger partial charge is 0.361 e. The Morgan fingerprint density at radius 1 is 1.25 bits per heavy atom. The SMILES string of the molecule is Cc1csc(NC(=O)CN2CCc3nc(NC(=O)c4cc(C)on4)sc3C2)n1. The molecule has 2 N–H and O–H groups in total. The van der Waals surface area contributed by atoms with Gasteiger partial charge in [-0.05, 0) is 13.8 Å². The molecule has 4 heterocycles. The number of nitrogens with zero attached hydrogens (tertiary/aromatic N) is 4. The van der Waals surface area contributed by atoms with Crippen molar-refractivity contribution >= 4 is 44.8 Å². The summed E-state index contributed by atoms with van der Waals surface area (Å²) in [5.74, 6) is 0.139. The summed E-state index contributed by atoms with van der Waals surface area (Å²) in [7, 11) is 0. The van der Waals surface area contributed by atoms with Crippen molar-refractivity contribution in [2.45, 2.75) is 26.8 Å². The average Bonchev–Trinajstić information content (AvgIpc) is 3.34. The zero-order chi connectivity index (χ0) is 19.7. The minimum absolute atomic E-state index is 0.0859. The standard InChI is InChI=1S/C17H18N6O3S2/c1-9-8-27-16(18-9)20-14(24)7-23-4-3-11-13(6-23)28-17(19-11)21-15(25)12-5-10(2)26-22-12/h5,8H,3-4,6-7H2,1-2H3,(H,18,20,24)(H,19,21,25). The van der Waals surface area contributed by atoms with Crippen LogP contribution in [0.5, 0.6) is 0 Å². The minimum atomic E-state index is -0.349. The Kier molecular flexibility index (Phi) is 5.20. The average molecular weight is 419 g/mol.